The zero-order chi connectivity index (χ0) is 12.4. The van der Waals surface area contributed by atoms with E-state index in [0.717, 1.165) is 6.42 Å². The Balaban J connectivity index is 2.84. The lowest BCUT2D eigenvalue weighted by Crippen LogP contribution is -2.26. The third-order valence-electron chi connectivity index (χ3n) is 2.90. The second kappa shape index (κ2) is 4.80. The molecule has 0 radical (unpaired) electrons. The molecule has 0 fully saturated rings. The molecule has 0 bridgehead atoms. The smallest absolute Gasteiger partial charge is 0.0609 e. The molecule has 2 N–H and O–H groups in total. The summed E-state index contributed by atoms with van der Waals surface area (Å²) in [6, 6.07) is 8.78. The number of nitrogens with two attached hydrogens (primary N) is 1. The van der Waals surface area contributed by atoms with Crippen molar-refractivity contribution in [3.63, 3.8) is 0 Å². The van der Waals surface area contributed by atoms with E-state index < -0.39 is 0 Å². The molecule has 0 unspecified atom stereocenters. The molecular formula is C14H23NS. The van der Waals surface area contributed by atoms with E-state index in [4.69, 9.17) is 5.73 Å². The average molecular weight is 237 g/mol. The van der Waals surface area contributed by atoms with Crippen LogP contribution < -0.4 is 5.73 Å². The predicted molar refractivity (Wildman–Crippen MR) is 73.9 cm³/mol. The van der Waals surface area contributed by atoms with Gasteiger partial charge in [0.25, 0.3) is 0 Å². The first-order valence-electron chi connectivity index (χ1n) is 5.83. The summed E-state index contributed by atoms with van der Waals surface area (Å²) in [7, 11) is 0. The Morgan fingerprint density at radius 2 is 1.56 bits per heavy atom. The van der Waals surface area contributed by atoms with Gasteiger partial charge in [-0.05, 0) is 43.4 Å². The van der Waals surface area contributed by atoms with Crippen LogP contribution in [0.15, 0.2) is 29.2 Å². The molecule has 0 saturated heterocycles. The highest BCUT2D eigenvalue weighted by Gasteiger charge is 2.18. The molecule has 0 spiro atoms. The largest absolute Gasteiger partial charge is 0.317 e. The van der Waals surface area contributed by atoms with Crippen molar-refractivity contribution in [1.82, 2.24) is 0 Å². The summed E-state index contributed by atoms with van der Waals surface area (Å²) in [6.45, 7) is 10.8. The van der Waals surface area contributed by atoms with Crippen LogP contribution in [0.1, 0.15) is 46.6 Å². The summed E-state index contributed by atoms with van der Waals surface area (Å²) in [5, 5.41) is 0. The Bertz CT molecular complexity index is 333. The lowest BCUT2D eigenvalue weighted by Gasteiger charge is -2.24. The third kappa shape index (κ3) is 3.84. The number of thioether (sulfide) groups is 1. The van der Waals surface area contributed by atoms with E-state index in [-0.39, 0.29) is 10.3 Å². The molecule has 0 aliphatic rings. The Labute approximate surface area is 104 Å². The number of hydrogen-bond donors (Lipinski definition) is 1. The molecule has 1 rings (SSSR count). The molecular weight excluding hydrogens is 214 g/mol. The van der Waals surface area contributed by atoms with Gasteiger partial charge in [0, 0.05) is 4.90 Å². The molecule has 16 heavy (non-hydrogen) atoms. The highest BCUT2D eigenvalue weighted by Crippen LogP contribution is 2.31. The van der Waals surface area contributed by atoms with E-state index in [9.17, 15) is 0 Å². The summed E-state index contributed by atoms with van der Waals surface area (Å²) in [6.07, 6.45) is 1.15. The molecule has 0 aliphatic carbocycles. The fourth-order valence-corrected chi connectivity index (χ4v) is 2.36. The van der Waals surface area contributed by atoms with E-state index in [0.29, 0.717) is 0 Å². The number of benzene rings is 1. The summed E-state index contributed by atoms with van der Waals surface area (Å²) in [5.74, 6) is 0. The highest BCUT2D eigenvalue weighted by atomic mass is 32.2. The minimum Gasteiger partial charge on any atom is -0.317 e. The van der Waals surface area contributed by atoms with Gasteiger partial charge in [0.05, 0.1) is 4.87 Å². The first-order valence-corrected chi connectivity index (χ1v) is 6.65. The van der Waals surface area contributed by atoms with Crippen LogP contribution in [0.25, 0.3) is 0 Å². The van der Waals surface area contributed by atoms with Crippen molar-refractivity contribution in [2.75, 3.05) is 0 Å². The van der Waals surface area contributed by atoms with Gasteiger partial charge in [0.15, 0.2) is 0 Å². The third-order valence-corrected chi connectivity index (χ3v) is 3.93. The molecule has 0 heterocycles. The van der Waals surface area contributed by atoms with Crippen LogP contribution >= 0.6 is 11.8 Å². The Kier molecular flexibility index (Phi) is 4.08. The summed E-state index contributed by atoms with van der Waals surface area (Å²) < 4.78 is 0. The lowest BCUT2D eigenvalue weighted by molar-refractivity contribution is 0.506. The van der Waals surface area contributed by atoms with E-state index in [1.165, 1.54) is 10.5 Å². The van der Waals surface area contributed by atoms with Gasteiger partial charge in [-0.1, -0.05) is 32.9 Å². The van der Waals surface area contributed by atoms with Gasteiger partial charge < -0.3 is 5.73 Å². The fourth-order valence-electron chi connectivity index (χ4n) is 1.48. The van der Waals surface area contributed by atoms with Crippen molar-refractivity contribution < 1.29 is 0 Å². The lowest BCUT2D eigenvalue weighted by atomic mass is 9.82. The highest BCUT2D eigenvalue weighted by molar-refractivity contribution is 8.00. The Hall–Kier alpha value is -0.470. The minimum absolute atomic E-state index is 0.207. The summed E-state index contributed by atoms with van der Waals surface area (Å²) in [4.78, 5) is 1.03. The van der Waals surface area contributed by atoms with Crippen LogP contribution in [0.2, 0.25) is 0 Å². The topological polar surface area (TPSA) is 26.0 Å². The van der Waals surface area contributed by atoms with Crippen molar-refractivity contribution in [1.29, 1.82) is 0 Å². The first-order chi connectivity index (χ1) is 7.24. The van der Waals surface area contributed by atoms with Crippen molar-refractivity contribution >= 4 is 11.8 Å². The van der Waals surface area contributed by atoms with Crippen molar-refractivity contribution in [3.05, 3.63) is 29.8 Å². The Morgan fingerprint density at radius 3 is 1.94 bits per heavy atom. The van der Waals surface area contributed by atoms with E-state index in [1.54, 1.807) is 11.8 Å². The summed E-state index contributed by atoms with van der Waals surface area (Å²) >= 11 is 1.71. The van der Waals surface area contributed by atoms with Gasteiger partial charge >= 0.3 is 0 Å². The molecule has 1 aromatic carbocycles. The van der Waals surface area contributed by atoms with Crippen molar-refractivity contribution in [2.24, 2.45) is 5.73 Å². The van der Waals surface area contributed by atoms with Crippen LogP contribution in [0.5, 0.6) is 0 Å². The molecule has 0 amide bonds. The maximum Gasteiger partial charge on any atom is 0.0609 e. The quantitative estimate of drug-likeness (QED) is 0.628. The zero-order valence-corrected chi connectivity index (χ0v) is 11.8. The molecule has 0 atom stereocenters. The maximum absolute atomic E-state index is 5.98. The molecule has 1 aromatic rings. The van der Waals surface area contributed by atoms with E-state index in [2.05, 4.69) is 45.0 Å². The van der Waals surface area contributed by atoms with Crippen LogP contribution in [0.3, 0.4) is 0 Å². The number of hydrogen-bond acceptors (Lipinski definition) is 2. The monoisotopic (exact) mass is 237 g/mol. The fraction of sp³-hybridized carbons (Fsp3) is 0.571. The molecule has 0 aliphatic heterocycles. The average Bonchev–Trinajstić information content (AvgIpc) is 2.16. The normalized spacial score (nSPS) is 12.9. The summed E-state index contributed by atoms with van der Waals surface area (Å²) in [5.41, 5.74) is 7.64. The SMILES string of the molecule is CCC(C)(C)c1ccc(SC(C)(C)N)cc1. The van der Waals surface area contributed by atoms with Crippen LogP contribution in [-0.2, 0) is 5.41 Å². The van der Waals surface area contributed by atoms with E-state index >= 15 is 0 Å². The molecule has 0 saturated carbocycles. The van der Waals surface area contributed by atoms with Crippen LogP contribution in [-0.4, -0.2) is 4.87 Å². The molecule has 1 nitrogen and oxygen atoms in total. The predicted octanol–water partition coefficient (Wildman–Crippen LogP) is 4.16. The zero-order valence-electron chi connectivity index (χ0n) is 11.0. The molecule has 90 valence electrons. The second-order valence-corrected chi connectivity index (χ2v) is 7.20. The van der Waals surface area contributed by atoms with Gasteiger partial charge in [-0.25, -0.2) is 0 Å². The Morgan fingerprint density at radius 1 is 1.06 bits per heavy atom. The molecule has 0 aromatic heterocycles. The van der Waals surface area contributed by atoms with Gasteiger partial charge in [-0.3, -0.25) is 0 Å². The maximum atomic E-state index is 5.98. The molecule has 2 heteroatoms. The minimum atomic E-state index is -0.207. The van der Waals surface area contributed by atoms with Crippen molar-refractivity contribution in [3.8, 4) is 0 Å². The van der Waals surface area contributed by atoms with E-state index in [1.807, 2.05) is 13.8 Å². The van der Waals surface area contributed by atoms with Gasteiger partial charge in [0.1, 0.15) is 0 Å². The standard InChI is InChI=1S/C14H23NS/c1-6-13(2,3)11-7-9-12(10-8-11)16-14(4,5)15/h7-10H,6,15H2,1-5H3. The van der Waals surface area contributed by atoms with Gasteiger partial charge in [-0.2, -0.15) is 0 Å². The van der Waals surface area contributed by atoms with Crippen molar-refractivity contribution in [2.45, 2.75) is 56.2 Å². The van der Waals surface area contributed by atoms with Gasteiger partial charge in [-0.15, -0.1) is 11.8 Å². The number of rotatable bonds is 4. The first kappa shape index (κ1) is 13.6. The second-order valence-electron chi connectivity index (χ2n) is 5.47. The van der Waals surface area contributed by atoms with Crippen LogP contribution in [0, 0.1) is 0 Å². The van der Waals surface area contributed by atoms with Crippen LogP contribution in [0.4, 0.5) is 0 Å². The van der Waals surface area contributed by atoms with Gasteiger partial charge in [0.2, 0.25) is 0 Å².